The van der Waals surface area contributed by atoms with Gasteiger partial charge < -0.3 is 9.88 Å². The first kappa shape index (κ1) is 23.4. The second-order valence-electron chi connectivity index (χ2n) is 8.73. The Bertz CT molecular complexity index is 1450. The first-order valence-electron chi connectivity index (χ1n) is 12.0. The van der Waals surface area contributed by atoms with E-state index in [9.17, 15) is 9.59 Å². The van der Waals surface area contributed by atoms with Crippen molar-refractivity contribution in [2.24, 2.45) is 0 Å². The van der Waals surface area contributed by atoms with Crippen molar-refractivity contribution >= 4 is 28.3 Å². The van der Waals surface area contributed by atoms with Gasteiger partial charge in [-0.3, -0.25) is 19.4 Å². The number of amides is 1. The summed E-state index contributed by atoms with van der Waals surface area (Å²) in [5, 5.41) is 12.1. The number of aromatic nitrogens is 3. The van der Waals surface area contributed by atoms with Crippen molar-refractivity contribution in [3.8, 4) is 0 Å². The number of pyridine rings is 2. The van der Waals surface area contributed by atoms with Gasteiger partial charge in [-0.25, -0.2) is 4.98 Å². The molecule has 0 unspecified atom stereocenters. The van der Waals surface area contributed by atoms with E-state index in [0.717, 1.165) is 24.8 Å². The van der Waals surface area contributed by atoms with Crippen molar-refractivity contribution in [1.29, 1.82) is 5.41 Å². The van der Waals surface area contributed by atoms with Crippen LogP contribution in [0, 0.1) is 12.3 Å². The zero-order valence-electron chi connectivity index (χ0n) is 19.8. The summed E-state index contributed by atoms with van der Waals surface area (Å²) in [6.07, 6.45) is 8.29. The van der Waals surface area contributed by atoms with E-state index in [1.54, 1.807) is 22.9 Å². The maximum Gasteiger partial charge on any atom is 0.267 e. The minimum Gasteiger partial charge on any atom is -0.322 e. The lowest BCUT2D eigenvalue weighted by Gasteiger charge is -2.15. The van der Waals surface area contributed by atoms with Gasteiger partial charge in [0, 0.05) is 18.4 Å². The minimum absolute atomic E-state index is 0.0680. The molecule has 4 rings (SSSR count). The molecule has 7 heteroatoms. The Labute approximate surface area is 198 Å². The first-order valence-corrected chi connectivity index (χ1v) is 12.0. The van der Waals surface area contributed by atoms with Crippen LogP contribution in [-0.4, -0.2) is 19.9 Å². The predicted molar refractivity (Wildman–Crippen MR) is 135 cm³/mol. The molecule has 0 spiro atoms. The van der Waals surface area contributed by atoms with Crippen LogP contribution in [0.15, 0.2) is 59.5 Å². The van der Waals surface area contributed by atoms with Gasteiger partial charge in [-0.05, 0) is 49.2 Å². The molecule has 7 nitrogen and oxygen atoms in total. The molecule has 0 atom stereocenters. The fourth-order valence-corrected chi connectivity index (χ4v) is 4.25. The molecule has 1 aromatic carbocycles. The van der Waals surface area contributed by atoms with Gasteiger partial charge >= 0.3 is 0 Å². The van der Waals surface area contributed by atoms with Gasteiger partial charge in [-0.1, -0.05) is 57.2 Å². The second-order valence-corrected chi connectivity index (χ2v) is 8.73. The van der Waals surface area contributed by atoms with Crippen molar-refractivity contribution in [3.63, 3.8) is 0 Å². The average molecular weight is 458 g/mol. The van der Waals surface area contributed by atoms with Crippen LogP contribution < -0.4 is 16.4 Å². The van der Waals surface area contributed by atoms with E-state index in [4.69, 9.17) is 10.4 Å². The van der Waals surface area contributed by atoms with Crippen LogP contribution in [0.3, 0.4) is 0 Å². The van der Waals surface area contributed by atoms with E-state index >= 15 is 0 Å². The summed E-state index contributed by atoms with van der Waals surface area (Å²) in [5.74, 6) is -0.410. The summed E-state index contributed by atoms with van der Waals surface area (Å²) in [5.41, 5.74) is 2.62. The molecule has 1 amide bonds. The number of aryl methyl sites for hydroxylation is 2. The summed E-state index contributed by atoms with van der Waals surface area (Å²) in [4.78, 5) is 31.2. The minimum atomic E-state index is -0.410. The van der Waals surface area contributed by atoms with Crippen LogP contribution >= 0.6 is 0 Å². The lowest BCUT2D eigenvalue weighted by atomic mass is 10.1. The number of unbranched alkanes of at least 4 members (excludes halogenated alkanes) is 5. The number of anilines is 1. The Balaban J connectivity index is 1.77. The van der Waals surface area contributed by atoms with Crippen LogP contribution in [0.25, 0.3) is 16.7 Å². The van der Waals surface area contributed by atoms with E-state index in [2.05, 4.69) is 12.2 Å². The normalized spacial score (nSPS) is 11.2. The van der Waals surface area contributed by atoms with Crippen LogP contribution in [0.2, 0.25) is 0 Å². The Hall–Kier alpha value is -3.74. The molecule has 0 bridgehead atoms. The van der Waals surface area contributed by atoms with Gasteiger partial charge in [0.15, 0.2) is 0 Å². The zero-order valence-corrected chi connectivity index (χ0v) is 19.8. The first-order chi connectivity index (χ1) is 16.5. The highest BCUT2D eigenvalue weighted by Gasteiger charge is 2.17. The number of nitrogens with one attached hydrogen (secondary N) is 2. The van der Waals surface area contributed by atoms with E-state index in [1.165, 1.54) is 29.7 Å². The molecule has 0 radical (unpaired) electrons. The average Bonchev–Trinajstić information content (AvgIpc) is 2.82. The van der Waals surface area contributed by atoms with Crippen molar-refractivity contribution in [1.82, 2.24) is 14.0 Å². The summed E-state index contributed by atoms with van der Waals surface area (Å²) < 4.78 is 3.19. The molecule has 3 heterocycles. The van der Waals surface area contributed by atoms with Crippen molar-refractivity contribution < 1.29 is 4.79 Å². The monoisotopic (exact) mass is 457 g/mol. The van der Waals surface area contributed by atoms with Crippen LogP contribution in [0.4, 0.5) is 5.69 Å². The lowest BCUT2D eigenvalue weighted by Crippen LogP contribution is -2.32. The molecule has 4 aromatic rings. The number of fused-ring (bicyclic) bond motifs is 2. The molecule has 2 N–H and O–H groups in total. The lowest BCUT2D eigenvalue weighted by molar-refractivity contribution is 0.102. The van der Waals surface area contributed by atoms with Crippen LogP contribution in [-0.2, 0) is 6.54 Å². The largest absolute Gasteiger partial charge is 0.322 e. The Kier molecular flexibility index (Phi) is 7.21. The van der Waals surface area contributed by atoms with E-state index in [1.807, 2.05) is 37.3 Å². The molecular weight excluding hydrogens is 426 g/mol. The number of benzene rings is 1. The van der Waals surface area contributed by atoms with Gasteiger partial charge in [0.2, 0.25) is 0 Å². The molecule has 0 saturated heterocycles. The second kappa shape index (κ2) is 10.5. The molecular formula is C27H31N5O2. The van der Waals surface area contributed by atoms with Gasteiger partial charge in [0.25, 0.3) is 11.5 Å². The summed E-state index contributed by atoms with van der Waals surface area (Å²) in [6, 6.07) is 14.4. The molecule has 0 fully saturated rings. The number of hydrogen-bond acceptors (Lipinski definition) is 4. The third-order valence-corrected chi connectivity index (χ3v) is 6.07. The standard InChI is InChI=1S/C27H31N5O2/c1-3-4-5-6-7-9-16-32-24(28)21(26(33)29-20-13-11-12-19(2)17-20)18-22-25(32)30-23-14-8-10-15-31(23)27(22)34/h8,10-15,17-18,28H,3-7,9,16H2,1-2H3,(H,29,33). The highest BCUT2D eigenvalue weighted by molar-refractivity contribution is 6.05. The van der Waals surface area contributed by atoms with Gasteiger partial charge in [0.1, 0.15) is 16.8 Å². The Morgan fingerprint density at radius 2 is 1.82 bits per heavy atom. The summed E-state index contributed by atoms with van der Waals surface area (Å²) in [7, 11) is 0. The fourth-order valence-electron chi connectivity index (χ4n) is 4.25. The quantitative estimate of drug-likeness (QED) is 0.272. The molecule has 176 valence electrons. The van der Waals surface area contributed by atoms with Crippen LogP contribution in [0.5, 0.6) is 0 Å². The van der Waals surface area contributed by atoms with Crippen molar-refractivity contribution in [2.75, 3.05) is 5.32 Å². The SMILES string of the molecule is CCCCCCCCn1c(=N)c(C(=O)Nc2cccc(C)c2)cc2c(=O)n3ccccc3nc21. The Morgan fingerprint density at radius 1 is 1.03 bits per heavy atom. The van der Waals surface area contributed by atoms with Gasteiger partial charge in [-0.2, -0.15) is 0 Å². The van der Waals surface area contributed by atoms with Gasteiger partial charge in [-0.15, -0.1) is 0 Å². The molecule has 0 aliphatic rings. The topological polar surface area (TPSA) is 92.2 Å². The highest BCUT2D eigenvalue weighted by Crippen LogP contribution is 2.15. The van der Waals surface area contributed by atoms with E-state index in [-0.39, 0.29) is 16.6 Å². The molecule has 0 saturated carbocycles. The van der Waals surface area contributed by atoms with Gasteiger partial charge in [0.05, 0.1) is 10.9 Å². The molecule has 34 heavy (non-hydrogen) atoms. The highest BCUT2D eigenvalue weighted by atomic mass is 16.1. The fraction of sp³-hybridized carbons (Fsp3) is 0.333. The number of rotatable bonds is 9. The number of carbonyl (C=O) groups is 1. The molecule has 0 aliphatic heterocycles. The zero-order chi connectivity index (χ0) is 24.1. The Morgan fingerprint density at radius 3 is 2.62 bits per heavy atom. The van der Waals surface area contributed by atoms with E-state index < -0.39 is 5.91 Å². The van der Waals surface area contributed by atoms with Crippen LogP contribution in [0.1, 0.15) is 61.4 Å². The smallest absolute Gasteiger partial charge is 0.267 e. The van der Waals surface area contributed by atoms with E-state index in [0.29, 0.717) is 28.9 Å². The third-order valence-electron chi connectivity index (χ3n) is 6.07. The number of nitrogens with zero attached hydrogens (tertiary/aromatic N) is 3. The summed E-state index contributed by atoms with van der Waals surface area (Å²) in [6.45, 7) is 4.67. The molecule has 0 aliphatic carbocycles. The summed E-state index contributed by atoms with van der Waals surface area (Å²) >= 11 is 0. The number of hydrogen-bond donors (Lipinski definition) is 2. The maximum atomic E-state index is 13.3. The third kappa shape index (κ3) is 4.93. The number of carbonyl (C=O) groups excluding carboxylic acids is 1. The predicted octanol–water partition coefficient (Wildman–Crippen LogP) is 5.05. The maximum absolute atomic E-state index is 13.3. The van der Waals surface area contributed by atoms with Crippen molar-refractivity contribution in [2.45, 2.75) is 58.9 Å². The van der Waals surface area contributed by atoms with Crippen molar-refractivity contribution in [3.05, 3.63) is 81.7 Å². The molecule has 3 aromatic heterocycles.